The summed E-state index contributed by atoms with van der Waals surface area (Å²) >= 11 is 3.60. The fourth-order valence-corrected chi connectivity index (χ4v) is 6.08. The van der Waals surface area contributed by atoms with Crippen LogP contribution in [0.5, 0.6) is 0 Å². The van der Waals surface area contributed by atoms with Gasteiger partial charge < -0.3 is 10.6 Å². The lowest BCUT2D eigenvalue weighted by molar-refractivity contribution is 0.305. The molecule has 2 aliphatic rings. The molecule has 0 bridgehead atoms. The Morgan fingerprint density at radius 1 is 1.26 bits per heavy atom. The Morgan fingerprint density at radius 3 is 2.96 bits per heavy atom. The van der Waals surface area contributed by atoms with Crippen LogP contribution in [0.1, 0.15) is 42.5 Å². The predicted octanol–water partition coefficient (Wildman–Crippen LogP) is 3.73. The number of nitrogens with two attached hydrogens (primary N) is 1. The lowest BCUT2D eigenvalue weighted by atomic mass is 9.97. The highest BCUT2D eigenvalue weighted by Gasteiger charge is 2.22. The minimum atomic E-state index is 0.690. The van der Waals surface area contributed by atoms with Gasteiger partial charge in [0.2, 0.25) is 0 Å². The van der Waals surface area contributed by atoms with Crippen LogP contribution in [0.3, 0.4) is 0 Å². The molecular weight excluding hydrogens is 324 g/mol. The van der Waals surface area contributed by atoms with Gasteiger partial charge in [-0.05, 0) is 64.1 Å². The number of thioether (sulfide) groups is 1. The minimum Gasteiger partial charge on any atom is -0.383 e. The summed E-state index contributed by atoms with van der Waals surface area (Å²) in [6, 6.07) is 0.734. The van der Waals surface area contributed by atoms with Crippen LogP contribution in [-0.2, 0) is 12.8 Å². The number of hydrogen-bond acceptors (Lipinski definition) is 6. The Bertz CT molecular complexity index is 712. The summed E-state index contributed by atoms with van der Waals surface area (Å²) in [5.74, 6) is 1.76. The van der Waals surface area contributed by atoms with Gasteiger partial charge in [0.25, 0.3) is 0 Å². The molecule has 1 unspecified atom stereocenters. The molecule has 1 fully saturated rings. The third kappa shape index (κ3) is 3.08. The maximum Gasteiger partial charge on any atom is 0.190 e. The maximum atomic E-state index is 6.28. The van der Waals surface area contributed by atoms with Crippen molar-refractivity contribution in [3.8, 4) is 0 Å². The highest BCUT2D eigenvalue weighted by Crippen LogP contribution is 2.38. The largest absolute Gasteiger partial charge is 0.383 e. The van der Waals surface area contributed by atoms with E-state index >= 15 is 0 Å². The first-order valence-electron chi connectivity index (χ1n) is 8.63. The summed E-state index contributed by atoms with van der Waals surface area (Å²) < 4.78 is 0. The predicted molar refractivity (Wildman–Crippen MR) is 99.5 cm³/mol. The Balaban J connectivity index is 1.50. The van der Waals surface area contributed by atoms with E-state index in [4.69, 9.17) is 10.7 Å². The van der Waals surface area contributed by atoms with Gasteiger partial charge in [-0.3, -0.25) is 0 Å². The fraction of sp³-hybridized carbons (Fsp3) is 0.647. The van der Waals surface area contributed by atoms with Gasteiger partial charge in [0.15, 0.2) is 5.16 Å². The molecule has 0 spiro atoms. The summed E-state index contributed by atoms with van der Waals surface area (Å²) in [4.78, 5) is 14.5. The Kier molecular flexibility index (Phi) is 4.48. The molecule has 0 saturated carbocycles. The number of nitrogens with zero attached hydrogens (tertiary/aromatic N) is 3. The van der Waals surface area contributed by atoms with Gasteiger partial charge in [-0.1, -0.05) is 11.8 Å². The molecule has 4 rings (SSSR count). The number of rotatable bonds is 4. The summed E-state index contributed by atoms with van der Waals surface area (Å²) in [6.07, 6.45) is 8.77. The minimum absolute atomic E-state index is 0.690. The van der Waals surface area contributed by atoms with Gasteiger partial charge >= 0.3 is 0 Å². The van der Waals surface area contributed by atoms with Gasteiger partial charge in [0, 0.05) is 16.7 Å². The van der Waals surface area contributed by atoms with Crippen molar-refractivity contribution < 1.29 is 0 Å². The van der Waals surface area contributed by atoms with Crippen molar-refractivity contribution in [2.45, 2.75) is 56.1 Å². The lowest BCUT2D eigenvalue weighted by Gasteiger charge is -2.18. The van der Waals surface area contributed by atoms with Crippen molar-refractivity contribution in [1.82, 2.24) is 14.9 Å². The van der Waals surface area contributed by atoms with E-state index in [1.165, 1.54) is 55.5 Å². The van der Waals surface area contributed by atoms with E-state index in [9.17, 15) is 0 Å². The first-order chi connectivity index (χ1) is 11.2. The second kappa shape index (κ2) is 6.57. The molecule has 1 atom stereocenters. The molecule has 23 heavy (non-hydrogen) atoms. The van der Waals surface area contributed by atoms with Crippen LogP contribution in [-0.4, -0.2) is 40.3 Å². The average Bonchev–Trinajstić information content (AvgIpc) is 3.11. The van der Waals surface area contributed by atoms with Gasteiger partial charge in [0.1, 0.15) is 10.6 Å². The molecule has 6 heteroatoms. The SMILES string of the molecule is CN1CCCC1CCSc1nc(N)c2c3c(sc2n1)CCCC3. The normalized spacial score (nSPS) is 21.9. The van der Waals surface area contributed by atoms with E-state index in [1.54, 1.807) is 11.8 Å². The molecule has 4 nitrogen and oxygen atoms in total. The number of hydrogen-bond donors (Lipinski definition) is 1. The Morgan fingerprint density at radius 2 is 2.13 bits per heavy atom. The van der Waals surface area contributed by atoms with E-state index in [2.05, 4.69) is 16.9 Å². The zero-order chi connectivity index (χ0) is 15.8. The van der Waals surface area contributed by atoms with E-state index in [1.807, 2.05) is 11.3 Å². The number of fused-ring (bicyclic) bond motifs is 3. The van der Waals surface area contributed by atoms with Crippen molar-refractivity contribution in [2.24, 2.45) is 0 Å². The number of thiophene rings is 1. The van der Waals surface area contributed by atoms with Crippen molar-refractivity contribution in [3.63, 3.8) is 0 Å². The molecule has 1 aliphatic carbocycles. The third-order valence-corrected chi connectivity index (χ3v) is 7.24. The van der Waals surface area contributed by atoms with E-state index < -0.39 is 0 Å². The number of nitrogen functional groups attached to an aromatic ring is 1. The molecule has 0 radical (unpaired) electrons. The van der Waals surface area contributed by atoms with Crippen molar-refractivity contribution in [3.05, 3.63) is 10.4 Å². The number of anilines is 1. The average molecular weight is 349 g/mol. The van der Waals surface area contributed by atoms with Crippen LogP contribution in [0.2, 0.25) is 0 Å². The highest BCUT2D eigenvalue weighted by atomic mass is 32.2. The van der Waals surface area contributed by atoms with Gasteiger partial charge in [-0.2, -0.15) is 0 Å². The van der Waals surface area contributed by atoms with Crippen molar-refractivity contribution >= 4 is 39.1 Å². The second-order valence-electron chi connectivity index (χ2n) is 6.70. The molecule has 1 aliphatic heterocycles. The summed E-state index contributed by atoms with van der Waals surface area (Å²) in [7, 11) is 2.24. The van der Waals surface area contributed by atoms with Gasteiger partial charge in [-0.15, -0.1) is 11.3 Å². The van der Waals surface area contributed by atoms with Gasteiger partial charge in [-0.25, -0.2) is 9.97 Å². The van der Waals surface area contributed by atoms with Crippen LogP contribution in [0.25, 0.3) is 10.2 Å². The molecule has 3 heterocycles. The third-order valence-electron chi connectivity index (χ3n) is 5.18. The topological polar surface area (TPSA) is 55.0 Å². The van der Waals surface area contributed by atoms with E-state index in [0.717, 1.165) is 33.6 Å². The standard InChI is InChI=1S/C17H24N4S2/c1-21-9-4-5-11(21)8-10-22-17-19-15(18)14-12-6-2-3-7-13(12)23-16(14)20-17/h11H,2-10H2,1H3,(H2,18,19,20). The van der Waals surface area contributed by atoms with Gasteiger partial charge in [0.05, 0.1) is 5.39 Å². The van der Waals surface area contributed by atoms with Crippen LogP contribution in [0, 0.1) is 0 Å². The molecule has 2 N–H and O–H groups in total. The second-order valence-corrected chi connectivity index (χ2v) is 8.84. The molecule has 2 aromatic heterocycles. The first-order valence-corrected chi connectivity index (χ1v) is 10.4. The molecule has 0 amide bonds. The Labute approximate surface area is 145 Å². The molecule has 1 saturated heterocycles. The zero-order valence-corrected chi connectivity index (χ0v) is 15.3. The number of aromatic nitrogens is 2. The quantitative estimate of drug-likeness (QED) is 0.674. The molecular formula is C17H24N4S2. The monoisotopic (exact) mass is 348 g/mol. The van der Waals surface area contributed by atoms with Crippen LogP contribution in [0.15, 0.2) is 5.16 Å². The zero-order valence-electron chi connectivity index (χ0n) is 13.7. The summed E-state index contributed by atoms with van der Waals surface area (Å²) in [6.45, 7) is 1.24. The van der Waals surface area contributed by atoms with Crippen molar-refractivity contribution in [1.29, 1.82) is 0 Å². The summed E-state index contributed by atoms with van der Waals surface area (Å²) in [5.41, 5.74) is 7.70. The Hall–Kier alpha value is -0.850. The maximum absolute atomic E-state index is 6.28. The van der Waals surface area contributed by atoms with E-state index in [0.29, 0.717) is 5.82 Å². The van der Waals surface area contributed by atoms with E-state index in [-0.39, 0.29) is 0 Å². The first kappa shape index (κ1) is 15.7. The van der Waals surface area contributed by atoms with Crippen LogP contribution >= 0.6 is 23.1 Å². The van der Waals surface area contributed by atoms with Crippen LogP contribution in [0.4, 0.5) is 5.82 Å². The fourth-order valence-electron chi connectivity index (χ4n) is 3.86. The van der Waals surface area contributed by atoms with Crippen molar-refractivity contribution in [2.75, 3.05) is 25.1 Å². The lowest BCUT2D eigenvalue weighted by Crippen LogP contribution is -2.25. The molecule has 2 aromatic rings. The highest BCUT2D eigenvalue weighted by molar-refractivity contribution is 7.99. The molecule has 124 valence electrons. The smallest absolute Gasteiger partial charge is 0.190 e. The number of aryl methyl sites for hydroxylation is 2. The number of likely N-dealkylation sites (tertiary alicyclic amines) is 1. The summed E-state index contributed by atoms with van der Waals surface area (Å²) in [5, 5.41) is 2.00. The molecule has 0 aromatic carbocycles. The van der Waals surface area contributed by atoms with Crippen LogP contribution < -0.4 is 5.73 Å².